The molecule has 1 aromatic rings. The van der Waals surface area contributed by atoms with Gasteiger partial charge in [-0.2, -0.15) is 5.26 Å². The van der Waals surface area contributed by atoms with Gasteiger partial charge in [-0.3, -0.25) is 4.90 Å². The molecular weight excluding hydrogens is 240 g/mol. The number of aryl methyl sites for hydroxylation is 1. The van der Waals surface area contributed by atoms with Crippen LogP contribution in [0.15, 0.2) is 36.5 Å². The monoisotopic (exact) mass is 256 g/mol. The topological polar surface area (TPSA) is 53.3 Å². The van der Waals surface area contributed by atoms with Crippen LogP contribution in [0.3, 0.4) is 0 Å². The molecule has 0 aromatic heterocycles. The molecular formula is C15H16N2O2. The molecule has 0 saturated carbocycles. The van der Waals surface area contributed by atoms with Crippen LogP contribution < -0.4 is 0 Å². The highest BCUT2D eigenvalue weighted by Gasteiger charge is 2.37. The zero-order chi connectivity index (χ0) is 13.8. The minimum Gasteiger partial charge on any atom is -0.464 e. The van der Waals surface area contributed by atoms with Gasteiger partial charge in [-0.15, -0.1) is 0 Å². The molecule has 1 heterocycles. The summed E-state index contributed by atoms with van der Waals surface area (Å²) < 4.78 is 5.06. The van der Waals surface area contributed by atoms with Crippen LogP contribution in [0, 0.1) is 18.4 Å². The van der Waals surface area contributed by atoms with Crippen LogP contribution in [-0.4, -0.2) is 23.5 Å². The number of ether oxygens (including phenoxy) is 1. The van der Waals surface area contributed by atoms with Crippen LogP contribution in [-0.2, 0) is 9.53 Å². The predicted octanol–water partition coefficient (Wildman–Crippen LogP) is 2.32. The van der Waals surface area contributed by atoms with Crippen LogP contribution in [0.1, 0.15) is 24.0 Å². The Hall–Kier alpha value is -2.28. The van der Waals surface area contributed by atoms with Crippen molar-refractivity contribution in [3.63, 3.8) is 0 Å². The Balaban J connectivity index is 2.28. The van der Waals surface area contributed by atoms with Crippen molar-refractivity contribution in [1.82, 2.24) is 4.90 Å². The maximum absolute atomic E-state index is 12.0. The number of carbonyl (C=O) groups is 1. The minimum absolute atomic E-state index is 0.140. The van der Waals surface area contributed by atoms with Crippen molar-refractivity contribution >= 4 is 5.97 Å². The zero-order valence-corrected chi connectivity index (χ0v) is 11.0. The van der Waals surface area contributed by atoms with E-state index in [4.69, 9.17) is 10.00 Å². The second kappa shape index (κ2) is 5.57. The number of benzene rings is 1. The number of nitriles is 1. The molecule has 4 nitrogen and oxygen atoms in total. The smallest absolute Gasteiger partial charge is 0.330 e. The van der Waals surface area contributed by atoms with Gasteiger partial charge in [0.2, 0.25) is 0 Å². The van der Waals surface area contributed by atoms with Crippen molar-refractivity contribution in [2.24, 2.45) is 0 Å². The average molecular weight is 256 g/mol. The summed E-state index contributed by atoms with van der Waals surface area (Å²) in [5.41, 5.74) is 2.17. The molecule has 0 bridgehead atoms. The summed E-state index contributed by atoms with van der Waals surface area (Å²) in [6.07, 6.45) is 5.53. The maximum Gasteiger partial charge on any atom is 0.330 e. The van der Waals surface area contributed by atoms with E-state index in [-0.39, 0.29) is 11.9 Å². The van der Waals surface area contributed by atoms with Gasteiger partial charge < -0.3 is 4.74 Å². The SMILES string of the molecule is CCOC(=O)C1C(c2ccc(C)cc2)C=CN1C#N. The minimum atomic E-state index is -0.590. The van der Waals surface area contributed by atoms with Gasteiger partial charge >= 0.3 is 5.97 Å². The lowest BCUT2D eigenvalue weighted by molar-refractivity contribution is -0.147. The summed E-state index contributed by atoms with van der Waals surface area (Å²) in [6, 6.07) is 7.38. The molecule has 98 valence electrons. The lowest BCUT2D eigenvalue weighted by atomic mass is 9.92. The number of rotatable bonds is 3. The van der Waals surface area contributed by atoms with E-state index in [1.165, 1.54) is 4.90 Å². The number of hydrogen-bond acceptors (Lipinski definition) is 4. The molecule has 1 aromatic carbocycles. The van der Waals surface area contributed by atoms with E-state index in [1.807, 2.05) is 43.5 Å². The molecule has 2 atom stereocenters. The van der Waals surface area contributed by atoms with Crippen LogP contribution >= 0.6 is 0 Å². The van der Waals surface area contributed by atoms with Crippen LogP contribution in [0.5, 0.6) is 0 Å². The largest absolute Gasteiger partial charge is 0.464 e. The van der Waals surface area contributed by atoms with Gasteiger partial charge in [0.15, 0.2) is 12.2 Å². The van der Waals surface area contributed by atoms with Gasteiger partial charge in [0.25, 0.3) is 0 Å². The molecule has 0 radical (unpaired) electrons. The van der Waals surface area contributed by atoms with Gasteiger partial charge in [-0.05, 0) is 19.4 Å². The standard InChI is InChI=1S/C15H16N2O2/c1-3-19-15(18)14-13(8-9-17(14)10-16)12-6-4-11(2)5-7-12/h4-9,13-14H,3H2,1-2H3. The Kier molecular flexibility index (Phi) is 3.86. The molecule has 0 N–H and O–H groups in total. The van der Waals surface area contributed by atoms with E-state index >= 15 is 0 Å². The lowest BCUT2D eigenvalue weighted by Gasteiger charge is -2.22. The van der Waals surface area contributed by atoms with Gasteiger partial charge in [0.1, 0.15) is 0 Å². The highest BCUT2D eigenvalue weighted by atomic mass is 16.5. The summed E-state index contributed by atoms with van der Waals surface area (Å²) in [7, 11) is 0. The van der Waals surface area contributed by atoms with Gasteiger partial charge in [0, 0.05) is 12.1 Å². The number of carbonyl (C=O) groups excluding carboxylic acids is 1. The van der Waals surface area contributed by atoms with Crippen molar-refractivity contribution in [2.45, 2.75) is 25.8 Å². The molecule has 1 aliphatic heterocycles. The quantitative estimate of drug-likeness (QED) is 0.615. The van der Waals surface area contributed by atoms with Crippen molar-refractivity contribution in [1.29, 1.82) is 5.26 Å². The molecule has 2 unspecified atom stereocenters. The van der Waals surface area contributed by atoms with E-state index in [0.29, 0.717) is 6.61 Å². The fraction of sp³-hybridized carbons (Fsp3) is 0.333. The highest BCUT2D eigenvalue weighted by Crippen LogP contribution is 2.31. The first kappa shape index (κ1) is 13.2. The second-order valence-corrected chi connectivity index (χ2v) is 4.48. The van der Waals surface area contributed by atoms with E-state index in [2.05, 4.69) is 0 Å². The summed E-state index contributed by atoms with van der Waals surface area (Å²) in [6.45, 7) is 4.09. The Bertz CT molecular complexity index is 528. The third-order valence-corrected chi connectivity index (χ3v) is 3.20. The fourth-order valence-electron chi connectivity index (χ4n) is 2.22. The summed E-state index contributed by atoms with van der Waals surface area (Å²) in [4.78, 5) is 13.4. The molecule has 1 aliphatic rings. The predicted molar refractivity (Wildman–Crippen MR) is 70.9 cm³/mol. The van der Waals surface area contributed by atoms with E-state index in [0.717, 1.165) is 11.1 Å². The zero-order valence-electron chi connectivity index (χ0n) is 11.0. The van der Waals surface area contributed by atoms with E-state index < -0.39 is 6.04 Å². The highest BCUT2D eigenvalue weighted by molar-refractivity contribution is 5.79. The first-order valence-corrected chi connectivity index (χ1v) is 6.27. The summed E-state index contributed by atoms with van der Waals surface area (Å²) in [5, 5.41) is 9.08. The van der Waals surface area contributed by atoms with E-state index in [1.54, 1.807) is 13.1 Å². The molecule has 4 heteroatoms. The Morgan fingerprint density at radius 3 is 2.68 bits per heavy atom. The normalized spacial score (nSPS) is 21.2. The van der Waals surface area contributed by atoms with Crippen molar-refractivity contribution in [2.75, 3.05) is 6.61 Å². The number of hydrogen-bond donors (Lipinski definition) is 0. The molecule has 19 heavy (non-hydrogen) atoms. The van der Waals surface area contributed by atoms with E-state index in [9.17, 15) is 4.79 Å². The van der Waals surface area contributed by atoms with Gasteiger partial charge in [-0.1, -0.05) is 35.9 Å². The Morgan fingerprint density at radius 1 is 1.42 bits per heavy atom. The summed E-state index contributed by atoms with van der Waals surface area (Å²) in [5.74, 6) is -0.501. The fourth-order valence-corrected chi connectivity index (χ4v) is 2.22. The Labute approximate surface area is 112 Å². The molecule has 0 spiro atoms. The van der Waals surface area contributed by atoms with Crippen LogP contribution in [0.2, 0.25) is 0 Å². The number of nitrogens with zero attached hydrogens (tertiary/aromatic N) is 2. The first-order chi connectivity index (χ1) is 9.17. The number of esters is 1. The Morgan fingerprint density at radius 2 is 2.11 bits per heavy atom. The van der Waals surface area contributed by atoms with Crippen LogP contribution in [0.4, 0.5) is 0 Å². The third-order valence-electron chi connectivity index (χ3n) is 3.20. The molecule has 0 amide bonds. The molecule has 2 rings (SSSR count). The molecule has 0 fully saturated rings. The third kappa shape index (κ3) is 2.60. The second-order valence-electron chi connectivity index (χ2n) is 4.48. The average Bonchev–Trinajstić information content (AvgIpc) is 2.83. The summed E-state index contributed by atoms with van der Waals surface area (Å²) >= 11 is 0. The van der Waals surface area contributed by atoms with Gasteiger partial charge in [0.05, 0.1) is 6.61 Å². The van der Waals surface area contributed by atoms with Crippen molar-refractivity contribution in [3.8, 4) is 6.19 Å². The van der Waals surface area contributed by atoms with Crippen LogP contribution in [0.25, 0.3) is 0 Å². The molecule has 0 saturated heterocycles. The molecule has 0 aliphatic carbocycles. The van der Waals surface area contributed by atoms with Crippen molar-refractivity contribution in [3.05, 3.63) is 47.7 Å². The first-order valence-electron chi connectivity index (χ1n) is 6.27. The van der Waals surface area contributed by atoms with Crippen molar-refractivity contribution < 1.29 is 9.53 Å². The maximum atomic E-state index is 12.0. The lowest BCUT2D eigenvalue weighted by Crippen LogP contribution is -2.37. The van der Waals surface area contributed by atoms with Gasteiger partial charge in [-0.25, -0.2) is 4.79 Å².